The van der Waals surface area contributed by atoms with E-state index in [1.165, 1.54) is 12.1 Å². The summed E-state index contributed by atoms with van der Waals surface area (Å²) in [6.45, 7) is 0.222. The molecule has 0 saturated carbocycles. The van der Waals surface area contributed by atoms with Crippen molar-refractivity contribution in [1.82, 2.24) is 14.6 Å². The SMILES string of the molecule is COc1ccc(OCc2nnc3cc(C(=O)O)ccn23)cc1. The molecule has 0 aliphatic heterocycles. The van der Waals surface area contributed by atoms with Gasteiger partial charge in [0.1, 0.15) is 18.1 Å². The first-order valence-electron chi connectivity index (χ1n) is 6.51. The van der Waals surface area contributed by atoms with Crippen LogP contribution in [0.5, 0.6) is 11.5 Å². The number of nitrogens with zero attached hydrogens (tertiary/aromatic N) is 3. The highest BCUT2D eigenvalue weighted by Crippen LogP contribution is 2.18. The van der Waals surface area contributed by atoms with Crippen molar-refractivity contribution >= 4 is 11.6 Å². The molecular formula is C15H13N3O4. The van der Waals surface area contributed by atoms with E-state index in [4.69, 9.17) is 14.6 Å². The molecule has 7 heteroatoms. The van der Waals surface area contributed by atoms with E-state index in [-0.39, 0.29) is 12.2 Å². The molecule has 0 fully saturated rings. The number of aromatic nitrogens is 3. The highest BCUT2D eigenvalue weighted by molar-refractivity contribution is 5.88. The van der Waals surface area contributed by atoms with Crippen molar-refractivity contribution in [1.29, 1.82) is 0 Å². The zero-order chi connectivity index (χ0) is 15.5. The lowest BCUT2D eigenvalue weighted by molar-refractivity contribution is 0.0697. The molecule has 0 radical (unpaired) electrons. The van der Waals surface area contributed by atoms with Crippen LogP contribution in [0.15, 0.2) is 42.6 Å². The van der Waals surface area contributed by atoms with Crippen LogP contribution in [0.4, 0.5) is 0 Å². The summed E-state index contributed by atoms with van der Waals surface area (Å²) in [6, 6.07) is 10.2. The van der Waals surface area contributed by atoms with Gasteiger partial charge in [0, 0.05) is 6.20 Å². The van der Waals surface area contributed by atoms with Gasteiger partial charge in [-0.2, -0.15) is 0 Å². The normalized spacial score (nSPS) is 10.6. The van der Waals surface area contributed by atoms with Gasteiger partial charge < -0.3 is 14.6 Å². The number of ether oxygens (including phenoxy) is 2. The Morgan fingerprint density at radius 2 is 1.91 bits per heavy atom. The molecule has 0 spiro atoms. The molecule has 0 amide bonds. The molecule has 3 rings (SSSR count). The molecule has 0 aliphatic carbocycles. The predicted octanol–water partition coefficient (Wildman–Crippen LogP) is 2.02. The summed E-state index contributed by atoms with van der Waals surface area (Å²) in [5.41, 5.74) is 0.635. The van der Waals surface area contributed by atoms with Crippen LogP contribution in [0, 0.1) is 0 Å². The van der Waals surface area contributed by atoms with Crippen LogP contribution in [0.1, 0.15) is 16.2 Å². The maximum Gasteiger partial charge on any atom is 0.335 e. The minimum atomic E-state index is -0.999. The van der Waals surface area contributed by atoms with Crippen LogP contribution in [-0.4, -0.2) is 32.8 Å². The first-order valence-corrected chi connectivity index (χ1v) is 6.51. The van der Waals surface area contributed by atoms with E-state index in [9.17, 15) is 4.79 Å². The number of hydrogen-bond acceptors (Lipinski definition) is 5. The van der Waals surface area contributed by atoms with E-state index in [1.807, 2.05) is 0 Å². The first kappa shape index (κ1) is 13.9. The summed E-state index contributed by atoms with van der Waals surface area (Å²) in [5.74, 6) is 1.02. The van der Waals surface area contributed by atoms with Gasteiger partial charge in [0.25, 0.3) is 0 Å². The number of aromatic carboxylic acids is 1. The maximum absolute atomic E-state index is 10.9. The number of pyridine rings is 1. The van der Waals surface area contributed by atoms with Gasteiger partial charge in [0.2, 0.25) is 0 Å². The molecule has 3 aromatic rings. The second-order valence-electron chi connectivity index (χ2n) is 4.53. The Labute approximate surface area is 125 Å². The number of methoxy groups -OCH3 is 1. The van der Waals surface area contributed by atoms with E-state index in [1.54, 1.807) is 42.0 Å². The number of carbonyl (C=O) groups is 1. The molecule has 2 aromatic heterocycles. The van der Waals surface area contributed by atoms with Gasteiger partial charge in [-0.25, -0.2) is 4.79 Å². The lowest BCUT2D eigenvalue weighted by Gasteiger charge is -2.06. The largest absolute Gasteiger partial charge is 0.497 e. The van der Waals surface area contributed by atoms with E-state index in [0.29, 0.717) is 17.2 Å². The Kier molecular flexibility index (Phi) is 3.61. The Balaban J connectivity index is 1.77. The van der Waals surface area contributed by atoms with Crippen LogP contribution in [0.2, 0.25) is 0 Å². The smallest absolute Gasteiger partial charge is 0.335 e. The fourth-order valence-electron chi connectivity index (χ4n) is 1.99. The highest BCUT2D eigenvalue weighted by atomic mass is 16.5. The Bertz CT molecular complexity index is 811. The molecule has 1 N–H and O–H groups in total. The molecule has 112 valence electrons. The van der Waals surface area contributed by atoms with E-state index in [0.717, 1.165) is 5.75 Å². The lowest BCUT2D eigenvalue weighted by atomic mass is 10.3. The minimum absolute atomic E-state index is 0.169. The number of carboxylic acids is 1. The number of benzene rings is 1. The monoisotopic (exact) mass is 299 g/mol. The first-order chi connectivity index (χ1) is 10.7. The standard InChI is InChI=1S/C15H13N3O4/c1-21-11-2-4-12(5-3-11)22-9-14-17-16-13-8-10(15(19)20)6-7-18(13)14/h2-8H,9H2,1H3,(H,19,20). The molecule has 0 atom stereocenters. The summed E-state index contributed by atoms with van der Waals surface area (Å²) in [5, 5.41) is 16.9. The van der Waals surface area contributed by atoms with Crippen molar-refractivity contribution in [2.24, 2.45) is 0 Å². The molecule has 0 aliphatic rings. The number of rotatable bonds is 5. The third kappa shape index (κ3) is 2.69. The fraction of sp³-hybridized carbons (Fsp3) is 0.133. The summed E-state index contributed by atoms with van der Waals surface area (Å²) >= 11 is 0. The summed E-state index contributed by atoms with van der Waals surface area (Å²) < 4.78 is 12.4. The Hall–Kier alpha value is -3.09. The van der Waals surface area contributed by atoms with Gasteiger partial charge >= 0.3 is 5.97 Å². The predicted molar refractivity (Wildman–Crippen MR) is 77.3 cm³/mol. The number of fused-ring (bicyclic) bond motifs is 1. The number of hydrogen-bond donors (Lipinski definition) is 1. The van der Waals surface area contributed by atoms with Gasteiger partial charge in [-0.3, -0.25) is 4.40 Å². The van der Waals surface area contributed by atoms with Crippen molar-refractivity contribution in [3.63, 3.8) is 0 Å². The van der Waals surface area contributed by atoms with Crippen LogP contribution < -0.4 is 9.47 Å². The molecule has 7 nitrogen and oxygen atoms in total. The van der Waals surface area contributed by atoms with Crippen LogP contribution in [0.25, 0.3) is 5.65 Å². The van der Waals surface area contributed by atoms with Crippen LogP contribution >= 0.6 is 0 Å². The summed E-state index contributed by atoms with van der Waals surface area (Å²) in [7, 11) is 1.60. The van der Waals surface area contributed by atoms with Crippen LogP contribution in [-0.2, 0) is 6.61 Å². The van der Waals surface area contributed by atoms with Crippen LogP contribution in [0.3, 0.4) is 0 Å². The minimum Gasteiger partial charge on any atom is -0.497 e. The third-order valence-electron chi connectivity index (χ3n) is 3.15. The third-order valence-corrected chi connectivity index (χ3v) is 3.15. The van der Waals surface area contributed by atoms with Crippen molar-refractivity contribution in [3.05, 3.63) is 54.0 Å². The van der Waals surface area contributed by atoms with Crippen molar-refractivity contribution in [3.8, 4) is 11.5 Å². The molecule has 22 heavy (non-hydrogen) atoms. The van der Waals surface area contributed by atoms with Gasteiger partial charge in [-0.15, -0.1) is 10.2 Å². The molecular weight excluding hydrogens is 286 g/mol. The van der Waals surface area contributed by atoms with E-state index >= 15 is 0 Å². The van der Waals surface area contributed by atoms with Gasteiger partial charge in [-0.05, 0) is 36.4 Å². The zero-order valence-electron chi connectivity index (χ0n) is 11.8. The van der Waals surface area contributed by atoms with E-state index < -0.39 is 5.97 Å². The topological polar surface area (TPSA) is 86.0 Å². The Morgan fingerprint density at radius 1 is 1.18 bits per heavy atom. The van der Waals surface area contributed by atoms with Gasteiger partial charge in [0.15, 0.2) is 11.5 Å². The summed E-state index contributed by atoms with van der Waals surface area (Å²) in [6.07, 6.45) is 1.62. The quantitative estimate of drug-likeness (QED) is 0.775. The second-order valence-corrected chi connectivity index (χ2v) is 4.53. The zero-order valence-corrected chi connectivity index (χ0v) is 11.8. The molecule has 0 saturated heterocycles. The fourth-order valence-corrected chi connectivity index (χ4v) is 1.99. The maximum atomic E-state index is 10.9. The van der Waals surface area contributed by atoms with E-state index in [2.05, 4.69) is 10.2 Å². The molecule has 0 unspecified atom stereocenters. The number of carboxylic acid groups (broad SMARTS) is 1. The second kappa shape index (κ2) is 5.72. The van der Waals surface area contributed by atoms with Crippen molar-refractivity contribution < 1.29 is 19.4 Å². The lowest BCUT2D eigenvalue weighted by Crippen LogP contribution is -2.02. The van der Waals surface area contributed by atoms with Crippen molar-refractivity contribution in [2.45, 2.75) is 6.61 Å². The summed E-state index contributed by atoms with van der Waals surface area (Å²) in [4.78, 5) is 10.9. The Morgan fingerprint density at radius 3 is 2.59 bits per heavy atom. The highest BCUT2D eigenvalue weighted by Gasteiger charge is 2.09. The average molecular weight is 299 g/mol. The van der Waals surface area contributed by atoms with Gasteiger partial charge in [0.05, 0.1) is 12.7 Å². The molecule has 0 bridgehead atoms. The molecule has 2 heterocycles. The van der Waals surface area contributed by atoms with Crippen molar-refractivity contribution in [2.75, 3.05) is 7.11 Å². The molecule has 1 aromatic carbocycles. The average Bonchev–Trinajstić information content (AvgIpc) is 2.95. The van der Waals surface area contributed by atoms with Gasteiger partial charge in [-0.1, -0.05) is 0 Å².